The molecule has 0 N–H and O–H groups in total. The molecule has 0 aromatic carbocycles. The van der Waals surface area contributed by atoms with Gasteiger partial charge in [0.15, 0.2) is 11.0 Å². The van der Waals surface area contributed by atoms with E-state index >= 15 is 0 Å². The Morgan fingerprint density at radius 2 is 2.29 bits per heavy atom. The standard InChI is InChI=1S/C7H5Cl2FN2O2/c8-5(13)1-2-12-6(14)3-4(10)7(9)11-12/h3H,1-2H2. The Bertz CT molecular complexity index is 419. The van der Waals surface area contributed by atoms with Gasteiger partial charge in [-0.1, -0.05) is 11.6 Å². The number of halogens is 3. The summed E-state index contributed by atoms with van der Waals surface area (Å²) in [5, 5.41) is 2.42. The quantitative estimate of drug-likeness (QED) is 0.744. The maximum atomic E-state index is 12.7. The lowest BCUT2D eigenvalue weighted by Crippen LogP contribution is -2.23. The molecular formula is C7H5Cl2FN2O2. The largest absolute Gasteiger partial charge is 0.281 e. The SMILES string of the molecule is O=C(Cl)CCn1nc(Cl)c(F)cc1=O. The summed E-state index contributed by atoms with van der Waals surface area (Å²) in [7, 11) is 0. The molecule has 0 saturated heterocycles. The molecule has 0 saturated carbocycles. The van der Waals surface area contributed by atoms with Gasteiger partial charge in [0.25, 0.3) is 5.56 Å². The molecule has 1 aromatic heterocycles. The lowest BCUT2D eigenvalue weighted by Gasteiger charge is -2.02. The predicted octanol–water partition coefficient (Wildman–Crippen LogP) is 1.19. The smallest absolute Gasteiger partial charge is 0.269 e. The van der Waals surface area contributed by atoms with Gasteiger partial charge in [-0.05, 0) is 11.6 Å². The fourth-order valence-electron chi connectivity index (χ4n) is 0.799. The lowest BCUT2D eigenvalue weighted by molar-refractivity contribution is -0.111. The van der Waals surface area contributed by atoms with Gasteiger partial charge in [0.2, 0.25) is 5.24 Å². The van der Waals surface area contributed by atoms with Crippen molar-refractivity contribution in [2.45, 2.75) is 13.0 Å². The van der Waals surface area contributed by atoms with Gasteiger partial charge < -0.3 is 0 Å². The van der Waals surface area contributed by atoms with Crippen LogP contribution in [0.2, 0.25) is 5.15 Å². The normalized spacial score (nSPS) is 10.2. The first kappa shape index (κ1) is 11.1. The Morgan fingerprint density at radius 3 is 2.86 bits per heavy atom. The van der Waals surface area contributed by atoms with Crippen LogP contribution in [-0.4, -0.2) is 15.0 Å². The van der Waals surface area contributed by atoms with Gasteiger partial charge in [0, 0.05) is 12.5 Å². The summed E-state index contributed by atoms with van der Waals surface area (Å²) in [4.78, 5) is 21.4. The fourth-order valence-corrected chi connectivity index (χ4v) is 1.03. The summed E-state index contributed by atoms with van der Waals surface area (Å²) in [6.07, 6.45) is -0.0591. The fraction of sp³-hybridized carbons (Fsp3) is 0.286. The molecule has 0 bridgehead atoms. The third-order valence-electron chi connectivity index (χ3n) is 1.43. The highest BCUT2D eigenvalue weighted by molar-refractivity contribution is 6.63. The highest BCUT2D eigenvalue weighted by Gasteiger charge is 2.06. The zero-order valence-electron chi connectivity index (χ0n) is 6.84. The maximum Gasteiger partial charge on any atom is 0.269 e. The number of carbonyl (C=O) groups is 1. The molecule has 0 amide bonds. The highest BCUT2D eigenvalue weighted by Crippen LogP contribution is 2.06. The van der Waals surface area contributed by atoms with Crippen molar-refractivity contribution in [3.05, 3.63) is 27.4 Å². The van der Waals surface area contributed by atoms with Gasteiger partial charge in [-0.25, -0.2) is 9.07 Å². The first-order valence-corrected chi connectivity index (χ1v) is 4.38. The number of hydrogen-bond acceptors (Lipinski definition) is 3. The summed E-state index contributed by atoms with van der Waals surface area (Å²) in [6, 6.07) is 0.702. The van der Waals surface area contributed by atoms with Crippen LogP contribution in [-0.2, 0) is 11.3 Å². The summed E-state index contributed by atoms with van der Waals surface area (Å²) < 4.78 is 13.5. The highest BCUT2D eigenvalue weighted by atomic mass is 35.5. The average Bonchev–Trinajstić information content (AvgIpc) is 2.09. The summed E-state index contributed by atoms with van der Waals surface area (Å²) >= 11 is 10.4. The van der Waals surface area contributed by atoms with Gasteiger partial charge in [-0.15, -0.1) is 0 Å². The zero-order chi connectivity index (χ0) is 10.7. The van der Waals surface area contributed by atoms with Crippen molar-refractivity contribution < 1.29 is 9.18 Å². The second-order valence-electron chi connectivity index (χ2n) is 2.45. The molecule has 0 unspecified atom stereocenters. The number of aryl methyl sites for hydroxylation is 1. The van der Waals surface area contributed by atoms with E-state index in [4.69, 9.17) is 23.2 Å². The van der Waals surface area contributed by atoms with Crippen LogP contribution >= 0.6 is 23.2 Å². The number of rotatable bonds is 3. The van der Waals surface area contributed by atoms with Crippen molar-refractivity contribution in [1.82, 2.24) is 9.78 Å². The van der Waals surface area contributed by atoms with E-state index in [1.807, 2.05) is 0 Å². The van der Waals surface area contributed by atoms with Crippen LogP contribution in [0.5, 0.6) is 0 Å². The molecule has 1 aromatic rings. The van der Waals surface area contributed by atoms with E-state index in [1.165, 1.54) is 0 Å². The van der Waals surface area contributed by atoms with Crippen LogP contribution in [0, 0.1) is 5.82 Å². The zero-order valence-corrected chi connectivity index (χ0v) is 8.35. The molecule has 4 nitrogen and oxygen atoms in total. The Hall–Kier alpha value is -0.940. The number of aromatic nitrogens is 2. The number of carbonyl (C=O) groups excluding carboxylic acids is 1. The third-order valence-corrected chi connectivity index (χ3v) is 1.88. The first-order valence-electron chi connectivity index (χ1n) is 3.62. The van der Waals surface area contributed by atoms with Crippen LogP contribution in [0.15, 0.2) is 10.9 Å². The summed E-state index contributed by atoms with van der Waals surface area (Å²) in [5.41, 5.74) is -0.662. The molecule has 0 aliphatic heterocycles. The van der Waals surface area contributed by atoms with Gasteiger partial charge >= 0.3 is 0 Å². The molecule has 0 aliphatic carbocycles. The van der Waals surface area contributed by atoms with E-state index in [0.717, 1.165) is 4.68 Å². The topological polar surface area (TPSA) is 52.0 Å². The van der Waals surface area contributed by atoms with Crippen molar-refractivity contribution >= 4 is 28.4 Å². The van der Waals surface area contributed by atoms with E-state index in [-0.39, 0.29) is 13.0 Å². The Balaban J connectivity index is 2.93. The van der Waals surface area contributed by atoms with Gasteiger partial charge in [-0.3, -0.25) is 9.59 Å². The Labute approximate surface area is 88.2 Å². The van der Waals surface area contributed by atoms with Crippen LogP contribution in [0.25, 0.3) is 0 Å². The van der Waals surface area contributed by atoms with Crippen molar-refractivity contribution in [3.63, 3.8) is 0 Å². The number of nitrogens with zero attached hydrogens (tertiary/aromatic N) is 2. The minimum Gasteiger partial charge on any atom is -0.281 e. The molecule has 0 radical (unpaired) electrons. The summed E-state index contributed by atoms with van der Waals surface area (Å²) in [5.74, 6) is -0.884. The van der Waals surface area contributed by atoms with E-state index in [9.17, 15) is 14.0 Å². The molecular weight excluding hydrogens is 234 g/mol. The third kappa shape index (κ3) is 2.78. The molecule has 0 spiro atoms. The number of hydrogen-bond donors (Lipinski definition) is 0. The van der Waals surface area contributed by atoms with E-state index in [0.29, 0.717) is 6.07 Å². The molecule has 1 rings (SSSR count). The van der Waals surface area contributed by atoms with E-state index in [2.05, 4.69) is 5.10 Å². The molecule has 14 heavy (non-hydrogen) atoms. The van der Waals surface area contributed by atoms with Crippen molar-refractivity contribution in [2.75, 3.05) is 0 Å². The minimum atomic E-state index is -0.884. The molecule has 7 heteroatoms. The van der Waals surface area contributed by atoms with Crippen LogP contribution < -0.4 is 5.56 Å². The van der Waals surface area contributed by atoms with Crippen molar-refractivity contribution in [3.8, 4) is 0 Å². The Morgan fingerprint density at radius 1 is 1.64 bits per heavy atom. The minimum absolute atomic E-state index is 0.0127. The molecule has 1 heterocycles. The second kappa shape index (κ2) is 4.52. The van der Waals surface area contributed by atoms with Crippen LogP contribution in [0.4, 0.5) is 4.39 Å². The van der Waals surface area contributed by atoms with Crippen molar-refractivity contribution in [2.24, 2.45) is 0 Å². The Kier molecular flexibility index (Phi) is 3.60. The van der Waals surface area contributed by atoms with Gasteiger partial charge in [0.1, 0.15) is 0 Å². The van der Waals surface area contributed by atoms with E-state index in [1.54, 1.807) is 0 Å². The predicted molar refractivity (Wildman–Crippen MR) is 48.9 cm³/mol. The van der Waals surface area contributed by atoms with E-state index < -0.39 is 21.8 Å². The van der Waals surface area contributed by atoms with Crippen LogP contribution in [0.1, 0.15) is 6.42 Å². The van der Waals surface area contributed by atoms with Gasteiger partial charge in [0.05, 0.1) is 6.54 Å². The van der Waals surface area contributed by atoms with Gasteiger partial charge in [-0.2, -0.15) is 5.10 Å². The molecule has 0 atom stereocenters. The van der Waals surface area contributed by atoms with Crippen LogP contribution in [0.3, 0.4) is 0 Å². The molecule has 76 valence electrons. The molecule has 0 aliphatic rings. The van der Waals surface area contributed by atoms with Crippen molar-refractivity contribution in [1.29, 1.82) is 0 Å². The second-order valence-corrected chi connectivity index (χ2v) is 3.23. The first-order chi connectivity index (χ1) is 6.50. The maximum absolute atomic E-state index is 12.7. The molecule has 0 fully saturated rings. The average molecular weight is 239 g/mol. The lowest BCUT2D eigenvalue weighted by atomic mass is 10.4. The summed E-state index contributed by atoms with van der Waals surface area (Å²) in [6.45, 7) is -0.0127. The monoisotopic (exact) mass is 238 g/mol.